The van der Waals surface area contributed by atoms with Crippen molar-refractivity contribution in [3.63, 3.8) is 0 Å². The fourth-order valence-electron chi connectivity index (χ4n) is 15.8. The molecule has 20 rings (SSSR count). The molecule has 20 aromatic carbocycles. The number of hydrogen-bond donors (Lipinski definition) is 0. The maximum absolute atomic E-state index is 7.16. The lowest BCUT2D eigenvalue weighted by molar-refractivity contribution is 1.46. The van der Waals surface area contributed by atoms with Gasteiger partial charge >= 0.3 is 0 Å². The van der Waals surface area contributed by atoms with Crippen molar-refractivity contribution < 1.29 is 0 Å². The van der Waals surface area contributed by atoms with Crippen LogP contribution in [0, 0.1) is 27.0 Å². The molecule has 0 heterocycles. The normalized spacial score (nSPS) is 11.0. The molecule has 0 aliphatic heterocycles. The topological polar surface area (TPSA) is 8.72 Å². The Labute approximate surface area is 751 Å². The van der Waals surface area contributed by atoms with Gasteiger partial charge in [0.05, 0.1) is 13.1 Å². The van der Waals surface area contributed by atoms with Crippen LogP contribution in [0.3, 0.4) is 0 Å². The third kappa shape index (κ3) is 18.3. The molecule has 8 heteroatoms. The SMILES string of the molecule is Brc1cc(Br)cc(-c2cc(-c3cccc4ccccc34)cc(-c3cccc4ccccc34)c2)c1.Brc1cccc(-c2cc(Br)cc(-c3cc4ccc5cccc6ccc(c3)c4c56)c2)c1.Cc1ccc(-c2cc(-c3ccc(C)cc3)cc(-c3ccc(Br)cc3)c2)cc1.[C-]#[N+]c1ccc(-c2cc(-c3ccc(Br)cc3)cc(-c3ccc([N+]#[C-])cc3)c2)cc1. The molecule has 0 fully saturated rings. The summed E-state index contributed by atoms with van der Waals surface area (Å²) in [5.41, 5.74) is 29.9. The Morgan fingerprint density at radius 2 is 0.442 bits per heavy atom. The van der Waals surface area contributed by atoms with E-state index in [1.54, 1.807) is 0 Å². The highest BCUT2D eigenvalue weighted by Gasteiger charge is 2.17. The summed E-state index contributed by atoms with van der Waals surface area (Å²) in [6.45, 7) is 18.6. The third-order valence-corrected chi connectivity index (χ3v) is 24.8. The van der Waals surface area contributed by atoms with E-state index in [4.69, 9.17) is 13.1 Å². The van der Waals surface area contributed by atoms with E-state index in [0.717, 1.165) is 60.2 Å². The smallest absolute Gasteiger partial charge is 0.187 e. The van der Waals surface area contributed by atoms with E-state index in [1.165, 1.54) is 154 Å². The van der Waals surface area contributed by atoms with Gasteiger partial charge in [-0.15, -0.1) is 0 Å². The molecule has 0 saturated heterocycles. The van der Waals surface area contributed by atoms with Crippen LogP contribution in [0.2, 0.25) is 0 Å². The van der Waals surface area contributed by atoms with E-state index in [2.05, 4.69) is 459 Å². The first-order chi connectivity index (χ1) is 58.5. The van der Waals surface area contributed by atoms with Crippen LogP contribution in [0.25, 0.3) is 186 Å². The predicted molar refractivity (Wildman–Crippen MR) is 532 cm³/mol. The van der Waals surface area contributed by atoms with E-state index < -0.39 is 0 Å². The summed E-state index contributed by atoms with van der Waals surface area (Å²) in [5.74, 6) is 0. The highest BCUT2D eigenvalue weighted by Crippen LogP contribution is 2.44. The van der Waals surface area contributed by atoms with Crippen molar-refractivity contribution in [1.82, 2.24) is 0 Å². The third-order valence-electron chi connectivity index (χ3n) is 21.8. The second kappa shape index (κ2) is 36.2. The molecule has 0 N–H and O–H groups in total. The van der Waals surface area contributed by atoms with Gasteiger partial charge in [0.15, 0.2) is 11.4 Å². The summed E-state index contributed by atoms with van der Waals surface area (Å²) in [6, 6.07) is 142. The largest absolute Gasteiger partial charge is 0.238 e. The Balaban J connectivity index is 0.000000115. The summed E-state index contributed by atoms with van der Waals surface area (Å²) < 4.78 is 6.42. The Hall–Kier alpha value is -12.2. The zero-order valence-electron chi connectivity index (χ0n) is 65.3. The molecule has 0 saturated carbocycles. The van der Waals surface area contributed by atoms with Crippen molar-refractivity contribution in [2.24, 2.45) is 0 Å². The first kappa shape index (κ1) is 80.2. The summed E-state index contributed by atoms with van der Waals surface area (Å²) >= 11 is 21.7. The van der Waals surface area contributed by atoms with Gasteiger partial charge in [-0.1, -0.05) is 368 Å². The van der Waals surface area contributed by atoms with Crippen molar-refractivity contribution in [2.45, 2.75) is 13.8 Å². The molecule has 2 nitrogen and oxygen atoms in total. The predicted octanol–water partition coefficient (Wildman–Crippen LogP) is 36.6. The number of benzene rings is 20. The maximum atomic E-state index is 7.16. The molecule has 0 aliphatic rings. The summed E-state index contributed by atoms with van der Waals surface area (Å²) in [6.07, 6.45) is 0. The van der Waals surface area contributed by atoms with Crippen LogP contribution in [-0.2, 0) is 0 Å². The van der Waals surface area contributed by atoms with Gasteiger partial charge in [-0.3, -0.25) is 0 Å². The van der Waals surface area contributed by atoms with E-state index in [9.17, 15) is 0 Å². The minimum Gasteiger partial charge on any atom is -0.238 e. The lowest BCUT2D eigenvalue weighted by atomic mass is 9.90. The van der Waals surface area contributed by atoms with E-state index in [1.807, 2.05) is 60.7 Å². The van der Waals surface area contributed by atoms with Gasteiger partial charge in [0, 0.05) is 26.8 Å². The van der Waals surface area contributed by atoms with E-state index >= 15 is 0 Å². The summed E-state index contributed by atoms with van der Waals surface area (Å²) in [7, 11) is 0. The summed E-state index contributed by atoms with van der Waals surface area (Å²) in [5, 5.41) is 12.9. The molecule has 0 unspecified atom stereocenters. The van der Waals surface area contributed by atoms with Crippen LogP contribution in [0.5, 0.6) is 0 Å². The molecular formula is C112H72Br6N2. The van der Waals surface area contributed by atoms with Crippen molar-refractivity contribution >= 4 is 161 Å². The van der Waals surface area contributed by atoms with Crippen LogP contribution in [0.15, 0.2) is 427 Å². The highest BCUT2D eigenvalue weighted by atomic mass is 79.9. The van der Waals surface area contributed by atoms with Gasteiger partial charge in [0.1, 0.15) is 0 Å². The zero-order chi connectivity index (χ0) is 82.3. The van der Waals surface area contributed by atoms with Gasteiger partial charge in [0.25, 0.3) is 0 Å². The molecule has 0 amide bonds. The van der Waals surface area contributed by atoms with Crippen LogP contribution in [0.1, 0.15) is 11.1 Å². The van der Waals surface area contributed by atoms with Gasteiger partial charge in [-0.2, -0.15) is 0 Å². The van der Waals surface area contributed by atoms with Crippen molar-refractivity contribution in [2.75, 3.05) is 0 Å². The fourth-order valence-corrected chi connectivity index (χ4v) is 18.5. The molecule has 120 heavy (non-hydrogen) atoms. The molecule has 572 valence electrons. The monoisotopic (exact) mass is 1920 g/mol. The minimum atomic E-state index is 0.632. The number of nitrogens with zero attached hydrogens (tertiary/aromatic N) is 2. The number of fused-ring (bicyclic) bond motifs is 2. The number of hydrogen-bond acceptors (Lipinski definition) is 0. The second-order valence-electron chi connectivity index (χ2n) is 29.9. The van der Waals surface area contributed by atoms with Crippen molar-refractivity contribution in [3.05, 3.63) is 461 Å². The molecule has 0 aromatic heterocycles. The maximum Gasteiger partial charge on any atom is 0.187 e. The Morgan fingerprint density at radius 3 is 0.842 bits per heavy atom. The first-order valence-electron chi connectivity index (χ1n) is 39.3. The molecule has 0 spiro atoms. The van der Waals surface area contributed by atoms with Gasteiger partial charge < -0.3 is 0 Å². The molecule has 0 aliphatic carbocycles. The molecular weight excluding hydrogens is 1850 g/mol. The molecule has 0 atom stereocenters. The van der Waals surface area contributed by atoms with Crippen LogP contribution in [-0.4, -0.2) is 0 Å². The molecule has 0 radical (unpaired) electrons. The quantitative estimate of drug-likeness (QED) is 0.0901. The first-order valence-corrected chi connectivity index (χ1v) is 44.1. The Bertz CT molecular complexity index is 6870. The highest BCUT2D eigenvalue weighted by molar-refractivity contribution is 9.11. The summed E-state index contributed by atoms with van der Waals surface area (Å²) in [4.78, 5) is 6.96. The van der Waals surface area contributed by atoms with Gasteiger partial charge in [-0.25, -0.2) is 9.69 Å². The van der Waals surface area contributed by atoms with Gasteiger partial charge in [0.2, 0.25) is 0 Å². The number of rotatable bonds is 11. The lowest BCUT2D eigenvalue weighted by Crippen LogP contribution is -1.88. The van der Waals surface area contributed by atoms with Crippen LogP contribution >= 0.6 is 95.6 Å². The zero-order valence-corrected chi connectivity index (χ0v) is 74.8. The van der Waals surface area contributed by atoms with Crippen molar-refractivity contribution in [1.29, 1.82) is 0 Å². The van der Waals surface area contributed by atoms with Crippen molar-refractivity contribution in [3.8, 4) is 122 Å². The van der Waals surface area contributed by atoms with E-state index in [0.29, 0.717) is 11.4 Å². The van der Waals surface area contributed by atoms with Gasteiger partial charge in [-0.05, 0) is 330 Å². The lowest BCUT2D eigenvalue weighted by Gasteiger charge is -2.15. The average Bonchev–Trinajstić information content (AvgIpc) is 0.740. The number of aryl methyl sites for hydroxylation is 2. The Morgan fingerprint density at radius 1 is 0.175 bits per heavy atom. The molecule has 0 bridgehead atoms. The number of halogens is 6. The standard InChI is InChI=1S/C32H20Br2.C28H16Br2.C26H15BrN2.C26H21Br/c33-27-18-24(19-28(34)20-27)23-15-25(31-13-5-9-21-7-1-3-11-29(21)31)17-26(16-23)32-14-6-10-22-8-2-4-12-30(22)32;29-25-6-2-5-19(14-25)23-13-24(16-26(30)15-23)22-11-20-9-7-17-3-1-4-18-8-10-21(12-22)28(20)27(17)18;1-28-25-11-5-19(6-12-25)22-15-21(18-3-9-24(27)10-4-18)16-23(17-22)20-7-13-26(29-2)14-8-20;1-18-3-7-20(8-4-18)23-15-24(21-9-5-19(2)6-10-21)17-25(16-23)22-11-13-26(27)14-12-22/h1-20H;1-16H;3-17H;3-17H,1-2H3. The van der Waals surface area contributed by atoms with Crippen LogP contribution < -0.4 is 0 Å². The second-order valence-corrected chi connectivity index (χ2v) is 35.4. The van der Waals surface area contributed by atoms with E-state index in [-0.39, 0.29) is 0 Å². The minimum absolute atomic E-state index is 0.632. The molecule has 20 aromatic rings. The fraction of sp³-hybridized carbons (Fsp3) is 0.0179. The average molecular weight is 1930 g/mol. The van der Waals surface area contributed by atoms with Crippen LogP contribution in [0.4, 0.5) is 11.4 Å². The Kier molecular flexibility index (Phi) is 24.2.